The Hall–Kier alpha value is -0.270. The largest absolute Gasteiger partial charge is 0.324 e. The molecule has 2 aliphatic heterocycles. The van der Waals surface area contributed by atoms with Gasteiger partial charge in [0.15, 0.2) is 9.84 Å². The van der Waals surface area contributed by atoms with Crippen LogP contribution in [-0.2, 0) is 14.6 Å². The molecule has 2 unspecified atom stereocenters. The van der Waals surface area contributed by atoms with Gasteiger partial charge in [-0.1, -0.05) is 0 Å². The lowest BCUT2D eigenvalue weighted by atomic mass is 9.98. The SMILES string of the molecule is CS(=O)(=O)C1CSCCN1C(=O)C1CCCNC1. The highest BCUT2D eigenvalue weighted by Gasteiger charge is 2.37. The number of nitrogens with zero attached hydrogens (tertiary/aromatic N) is 1. The fourth-order valence-corrected chi connectivity index (χ4v) is 5.31. The number of carbonyl (C=O) groups is 1. The van der Waals surface area contributed by atoms with Crippen LogP contribution in [0.25, 0.3) is 0 Å². The maximum atomic E-state index is 12.4. The normalized spacial score (nSPS) is 30.2. The predicted octanol–water partition coefficient (Wildman–Crippen LogP) is -0.0679. The summed E-state index contributed by atoms with van der Waals surface area (Å²) in [5, 5.41) is 2.57. The second kappa shape index (κ2) is 5.79. The highest BCUT2D eigenvalue weighted by atomic mass is 32.2. The van der Waals surface area contributed by atoms with Crippen molar-refractivity contribution in [2.24, 2.45) is 5.92 Å². The van der Waals surface area contributed by atoms with Gasteiger partial charge < -0.3 is 10.2 Å². The number of carbonyl (C=O) groups excluding carboxylic acids is 1. The Morgan fingerprint density at radius 1 is 1.44 bits per heavy atom. The summed E-state index contributed by atoms with van der Waals surface area (Å²) in [4.78, 5) is 14.0. The third-order valence-electron chi connectivity index (χ3n) is 3.51. The van der Waals surface area contributed by atoms with Crippen LogP contribution < -0.4 is 5.32 Å². The van der Waals surface area contributed by atoms with Gasteiger partial charge in [0.05, 0.1) is 5.92 Å². The van der Waals surface area contributed by atoms with Crippen molar-refractivity contribution in [3.8, 4) is 0 Å². The minimum atomic E-state index is -3.19. The summed E-state index contributed by atoms with van der Waals surface area (Å²) >= 11 is 1.61. The average molecular weight is 292 g/mol. The third kappa shape index (κ3) is 3.19. The van der Waals surface area contributed by atoms with Crippen LogP contribution in [0.5, 0.6) is 0 Å². The molecule has 0 aromatic carbocycles. The van der Waals surface area contributed by atoms with Gasteiger partial charge >= 0.3 is 0 Å². The Labute approximate surface area is 113 Å². The molecule has 18 heavy (non-hydrogen) atoms. The number of sulfone groups is 1. The van der Waals surface area contributed by atoms with Crippen molar-refractivity contribution in [3.63, 3.8) is 0 Å². The van der Waals surface area contributed by atoms with Crippen molar-refractivity contribution in [2.45, 2.75) is 18.2 Å². The van der Waals surface area contributed by atoms with Crippen LogP contribution in [0.15, 0.2) is 0 Å². The van der Waals surface area contributed by atoms with E-state index in [1.807, 2.05) is 0 Å². The molecule has 0 spiro atoms. The fraction of sp³-hybridized carbons (Fsp3) is 0.909. The standard InChI is InChI=1S/C11H20N2O3S2/c1-18(15,16)10-8-17-6-5-13(10)11(14)9-3-2-4-12-7-9/h9-10,12H,2-8H2,1H3. The number of nitrogens with one attached hydrogen (secondary N) is 1. The molecule has 2 saturated heterocycles. The minimum absolute atomic E-state index is 0.0120. The van der Waals surface area contributed by atoms with Gasteiger partial charge in [-0.2, -0.15) is 11.8 Å². The zero-order valence-electron chi connectivity index (χ0n) is 10.6. The molecule has 2 atom stereocenters. The molecule has 0 bridgehead atoms. The van der Waals surface area contributed by atoms with E-state index in [1.54, 1.807) is 16.7 Å². The predicted molar refractivity (Wildman–Crippen MR) is 73.3 cm³/mol. The van der Waals surface area contributed by atoms with Gasteiger partial charge in [0.2, 0.25) is 5.91 Å². The lowest BCUT2D eigenvalue weighted by molar-refractivity contribution is -0.136. The molecule has 2 aliphatic rings. The molecule has 7 heteroatoms. The molecule has 2 rings (SSSR count). The van der Waals surface area contributed by atoms with Crippen molar-refractivity contribution >= 4 is 27.5 Å². The molecule has 0 radical (unpaired) electrons. The van der Waals surface area contributed by atoms with Crippen LogP contribution in [0.3, 0.4) is 0 Å². The quantitative estimate of drug-likeness (QED) is 0.772. The fourth-order valence-electron chi connectivity index (χ4n) is 2.48. The summed E-state index contributed by atoms with van der Waals surface area (Å²) in [6, 6.07) is 0. The van der Waals surface area contributed by atoms with Crippen molar-refractivity contribution in [2.75, 3.05) is 37.4 Å². The summed E-state index contributed by atoms with van der Waals surface area (Å²) in [5.74, 6) is 1.30. The van der Waals surface area contributed by atoms with Crippen molar-refractivity contribution in [3.05, 3.63) is 0 Å². The van der Waals surface area contributed by atoms with E-state index in [2.05, 4.69) is 5.32 Å². The van der Waals surface area contributed by atoms with E-state index in [-0.39, 0.29) is 11.8 Å². The first-order valence-electron chi connectivity index (χ1n) is 6.28. The highest BCUT2D eigenvalue weighted by molar-refractivity contribution is 8.00. The summed E-state index contributed by atoms with van der Waals surface area (Å²) in [7, 11) is -3.19. The molecule has 0 saturated carbocycles. The van der Waals surface area contributed by atoms with Gasteiger partial charge in [-0.15, -0.1) is 0 Å². The van der Waals surface area contributed by atoms with Gasteiger partial charge in [-0.25, -0.2) is 8.42 Å². The number of hydrogen-bond acceptors (Lipinski definition) is 5. The van der Waals surface area contributed by atoms with Crippen LogP contribution in [0.4, 0.5) is 0 Å². The zero-order chi connectivity index (χ0) is 13.2. The Bertz CT molecular complexity index is 405. The first-order valence-corrected chi connectivity index (χ1v) is 9.39. The van der Waals surface area contributed by atoms with Crippen LogP contribution in [0.1, 0.15) is 12.8 Å². The number of thioether (sulfide) groups is 1. The maximum Gasteiger partial charge on any atom is 0.228 e. The Morgan fingerprint density at radius 2 is 2.22 bits per heavy atom. The summed E-state index contributed by atoms with van der Waals surface area (Å²) in [5.41, 5.74) is 0. The topological polar surface area (TPSA) is 66.5 Å². The van der Waals surface area contributed by atoms with Crippen LogP contribution >= 0.6 is 11.8 Å². The molecule has 0 aromatic rings. The maximum absolute atomic E-state index is 12.4. The number of piperidine rings is 1. The molecule has 1 N–H and O–H groups in total. The highest BCUT2D eigenvalue weighted by Crippen LogP contribution is 2.24. The van der Waals surface area contributed by atoms with Gasteiger partial charge in [0.1, 0.15) is 5.37 Å². The van der Waals surface area contributed by atoms with Crippen molar-refractivity contribution in [1.82, 2.24) is 10.2 Å². The third-order valence-corrected chi connectivity index (χ3v) is 6.15. The Balaban J connectivity index is 2.10. The van der Waals surface area contributed by atoms with Gasteiger partial charge in [-0.3, -0.25) is 4.79 Å². The molecule has 1 amide bonds. The van der Waals surface area contributed by atoms with E-state index in [1.165, 1.54) is 6.26 Å². The van der Waals surface area contributed by atoms with Gasteiger partial charge in [-0.05, 0) is 19.4 Å². The first-order chi connectivity index (χ1) is 8.50. The zero-order valence-corrected chi connectivity index (χ0v) is 12.2. The second-order valence-corrected chi connectivity index (χ2v) is 8.29. The summed E-state index contributed by atoms with van der Waals surface area (Å²) < 4.78 is 23.5. The van der Waals surface area contributed by atoms with Crippen molar-refractivity contribution in [1.29, 1.82) is 0 Å². The molecular formula is C11H20N2O3S2. The second-order valence-electron chi connectivity index (χ2n) is 4.93. The molecule has 104 valence electrons. The number of rotatable bonds is 2. The molecule has 2 fully saturated rings. The lowest BCUT2D eigenvalue weighted by Gasteiger charge is -2.37. The summed E-state index contributed by atoms with van der Waals surface area (Å²) in [6.07, 6.45) is 3.08. The Morgan fingerprint density at radius 3 is 2.83 bits per heavy atom. The van der Waals surface area contributed by atoms with E-state index in [0.717, 1.165) is 25.1 Å². The summed E-state index contributed by atoms with van der Waals surface area (Å²) in [6.45, 7) is 2.19. The van der Waals surface area contributed by atoms with Crippen LogP contribution in [0, 0.1) is 5.92 Å². The molecule has 2 heterocycles. The Kier molecular flexibility index (Phi) is 4.55. The van der Waals surface area contributed by atoms with Gasteiger partial charge in [0, 0.05) is 30.9 Å². The molecular weight excluding hydrogens is 272 g/mol. The molecule has 0 aliphatic carbocycles. The van der Waals surface area contributed by atoms with Gasteiger partial charge in [0.25, 0.3) is 0 Å². The number of hydrogen-bond donors (Lipinski definition) is 1. The molecule has 5 nitrogen and oxygen atoms in total. The average Bonchev–Trinajstić information content (AvgIpc) is 2.38. The van der Waals surface area contributed by atoms with E-state index >= 15 is 0 Å². The van der Waals surface area contributed by atoms with E-state index in [0.29, 0.717) is 18.8 Å². The van der Waals surface area contributed by atoms with E-state index in [4.69, 9.17) is 0 Å². The lowest BCUT2D eigenvalue weighted by Crippen LogP contribution is -2.53. The van der Waals surface area contributed by atoms with E-state index < -0.39 is 15.2 Å². The van der Waals surface area contributed by atoms with Crippen LogP contribution in [0.2, 0.25) is 0 Å². The monoisotopic (exact) mass is 292 g/mol. The number of amides is 1. The smallest absolute Gasteiger partial charge is 0.228 e. The minimum Gasteiger partial charge on any atom is -0.324 e. The molecule has 0 aromatic heterocycles. The van der Waals surface area contributed by atoms with Crippen molar-refractivity contribution < 1.29 is 13.2 Å². The van der Waals surface area contributed by atoms with Crippen LogP contribution in [-0.4, -0.2) is 62.0 Å². The van der Waals surface area contributed by atoms with E-state index in [9.17, 15) is 13.2 Å². The first kappa shape index (κ1) is 14.1.